The molecule has 16 heavy (non-hydrogen) atoms. The summed E-state index contributed by atoms with van der Waals surface area (Å²) in [5.74, 6) is -19.2. The first-order valence-corrected chi connectivity index (χ1v) is 3.66. The smallest absolute Gasteiger partial charge is 0.379 e. The van der Waals surface area contributed by atoms with E-state index < -0.39 is 35.5 Å². The first-order chi connectivity index (χ1) is 6.92. The summed E-state index contributed by atoms with van der Waals surface area (Å²) in [6.07, 6.45) is -1.15. The molecule has 2 nitrogen and oxygen atoms in total. The van der Waals surface area contributed by atoms with Gasteiger partial charge in [-0.2, -0.15) is 26.3 Å². The van der Waals surface area contributed by atoms with Gasteiger partial charge in [-0.3, -0.25) is 0 Å². The lowest BCUT2D eigenvalue weighted by Crippen LogP contribution is -2.83. The topological polar surface area (TPSA) is 37.3 Å². The minimum absolute atomic E-state index is 0.378. The van der Waals surface area contributed by atoms with Gasteiger partial charge in [0.05, 0.1) is 0 Å². The van der Waals surface area contributed by atoms with Crippen LogP contribution in [0.5, 0.6) is 0 Å². The number of allylic oxidation sites excluding steroid dienone is 1. The van der Waals surface area contributed by atoms with Gasteiger partial charge in [-0.25, -0.2) is 9.18 Å². The summed E-state index contributed by atoms with van der Waals surface area (Å²) < 4.78 is 87.2. The maximum absolute atomic E-state index is 13.0. The van der Waals surface area contributed by atoms with E-state index in [1.165, 1.54) is 0 Å². The summed E-state index contributed by atoms with van der Waals surface area (Å²) in [7, 11) is 0. The Kier molecular flexibility index (Phi) is 2.31. The maximum atomic E-state index is 13.0. The summed E-state index contributed by atoms with van der Waals surface area (Å²) in [5, 5.41) is 7.94. The average Bonchev–Trinajstić information content (AvgIpc) is 2.11. The molecule has 1 fully saturated rings. The third-order valence-electron chi connectivity index (χ3n) is 2.16. The molecule has 0 unspecified atom stereocenters. The Labute approximate surface area is 83.3 Å². The molecule has 0 aliphatic heterocycles. The van der Waals surface area contributed by atoms with E-state index in [4.69, 9.17) is 5.11 Å². The third kappa shape index (κ3) is 1.05. The lowest BCUT2D eigenvalue weighted by molar-refractivity contribution is -0.459. The van der Waals surface area contributed by atoms with Crippen molar-refractivity contribution in [2.24, 2.45) is 0 Å². The van der Waals surface area contributed by atoms with Crippen molar-refractivity contribution in [2.75, 3.05) is 0 Å². The van der Waals surface area contributed by atoms with E-state index in [0.29, 0.717) is 0 Å². The zero-order chi connectivity index (χ0) is 13.0. The highest BCUT2D eigenvalue weighted by Gasteiger charge is 2.99. The van der Waals surface area contributed by atoms with Crippen molar-refractivity contribution in [3.63, 3.8) is 0 Å². The molecule has 92 valence electrons. The number of hydrogen-bond acceptors (Lipinski definition) is 1. The van der Waals surface area contributed by atoms with E-state index in [2.05, 4.69) is 0 Å². The maximum Gasteiger partial charge on any atom is 0.379 e. The summed E-state index contributed by atoms with van der Waals surface area (Å²) >= 11 is 0. The highest BCUT2D eigenvalue weighted by molar-refractivity contribution is 5.80. The van der Waals surface area contributed by atoms with Crippen molar-refractivity contribution in [3.8, 4) is 0 Å². The number of hydrogen-bond donors (Lipinski definition) is 1. The van der Waals surface area contributed by atoms with Crippen molar-refractivity contribution in [2.45, 2.75) is 23.4 Å². The van der Waals surface area contributed by atoms with Crippen LogP contribution in [0.4, 0.5) is 30.7 Å². The molecule has 0 aromatic carbocycles. The van der Waals surface area contributed by atoms with E-state index in [1.54, 1.807) is 0 Å². The minimum atomic E-state index is -5.85. The Morgan fingerprint density at radius 3 is 1.56 bits per heavy atom. The van der Waals surface area contributed by atoms with Gasteiger partial charge in [0.15, 0.2) is 0 Å². The fourth-order valence-corrected chi connectivity index (χ4v) is 1.18. The van der Waals surface area contributed by atoms with Crippen LogP contribution < -0.4 is 0 Å². The molecule has 0 bridgehead atoms. The van der Waals surface area contributed by atoms with Crippen LogP contribution in [-0.2, 0) is 4.79 Å². The summed E-state index contributed by atoms with van der Waals surface area (Å²) in [6, 6.07) is 0. The molecular formula is C7H3F7O2. The minimum Gasteiger partial charge on any atom is -0.478 e. The van der Waals surface area contributed by atoms with Crippen LogP contribution >= 0.6 is 0 Å². The Morgan fingerprint density at radius 1 is 0.875 bits per heavy atom. The molecule has 1 rings (SSSR count). The fourth-order valence-electron chi connectivity index (χ4n) is 1.18. The number of aliphatic carboxylic acids is 1. The van der Waals surface area contributed by atoms with Gasteiger partial charge in [0.25, 0.3) is 5.67 Å². The van der Waals surface area contributed by atoms with Crippen LogP contribution in [-0.4, -0.2) is 34.5 Å². The molecule has 0 spiro atoms. The van der Waals surface area contributed by atoms with Gasteiger partial charge in [-0.1, -0.05) is 0 Å². The van der Waals surface area contributed by atoms with E-state index in [0.717, 1.165) is 0 Å². The molecule has 0 aromatic rings. The second kappa shape index (κ2) is 2.89. The number of carbonyl (C=O) groups is 1. The van der Waals surface area contributed by atoms with E-state index in [1.807, 2.05) is 0 Å². The molecule has 0 saturated heterocycles. The van der Waals surface area contributed by atoms with Gasteiger partial charge in [0.1, 0.15) is 0 Å². The van der Waals surface area contributed by atoms with Gasteiger partial charge in [0.2, 0.25) is 0 Å². The van der Waals surface area contributed by atoms with Crippen molar-refractivity contribution < 1.29 is 40.6 Å². The normalized spacial score (nSPS) is 28.7. The molecule has 0 radical (unpaired) electrons. The van der Waals surface area contributed by atoms with Crippen molar-refractivity contribution in [1.29, 1.82) is 0 Å². The van der Waals surface area contributed by atoms with Crippen LogP contribution in [0.2, 0.25) is 0 Å². The zero-order valence-corrected chi connectivity index (χ0v) is 7.16. The van der Waals surface area contributed by atoms with Crippen LogP contribution in [0.1, 0.15) is 0 Å². The van der Waals surface area contributed by atoms with Crippen molar-refractivity contribution >= 4 is 5.97 Å². The third-order valence-corrected chi connectivity index (χ3v) is 2.16. The first-order valence-electron chi connectivity index (χ1n) is 3.66. The van der Waals surface area contributed by atoms with Crippen LogP contribution in [0.3, 0.4) is 0 Å². The van der Waals surface area contributed by atoms with Gasteiger partial charge in [-0.15, -0.1) is 0 Å². The highest BCUT2D eigenvalue weighted by Crippen LogP contribution is 2.69. The van der Waals surface area contributed by atoms with Crippen molar-refractivity contribution in [3.05, 3.63) is 12.2 Å². The average molecular weight is 252 g/mol. The molecule has 0 aromatic heterocycles. The number of rotatable bonds is 2. The molecule has 9 heteroatoms. The number of halogens is 7. The monoisotopic (exact) mass is 252 g/mol. The zero-order valence-electron chi connectivity index (χ0n) is 7.16. The summed E-state index contributed by atoms with van der Waals surface area (Å²) in [4.78, 5) is 9.84. The molecule has 1 aliphatic rings. The van der Waals surface area contributed by atoms with Crippen molar-refractivity contribution in [1.82, 2.24) is 0 Å². The molecule has 0 heterocycles. The number of carboxylic acids is 1. The summed E-state index contributed by atoms with van der Waals surface area (Å²) in [5.41, 5.74) is -5.00. The van der Waals surface area contributed by atoms with Crippen LogP contribution in [0.15, 0.2) is 12.2 Å². The second-order valence-corrected chi connectivity index (χ2v) is 3.11. The predicted molar refractivity (Wildman–Crippen MR) is 35.5 cm³/mol. The van der Waals surface area contributed by atoms with E-state index in [9.17, 15) is 35.5 Å². The first kappa shape index (κ1) is 12.8. The lowest BCUT2D eigenvalue weighted by atomic mass is 9.69. The van der Waals surface area contributed by atoms with Gasteiger partial charge < -0.3 is 5.11 Å². The quantitative estimate of drug-likeness (QED) is 0.604. The summed E-state index contributed by atoms with van der Waals surface area (Å²) in [6.45, 7) is 0. The van der Waals surface area contributed by atoms with Crippen LogP contribution in [0.25, 0.3) is 0 Å². The SMILES string of the molecule is O=C(O)C=CC1(F)C(F)(F)C(F)(F)C1(F)F. The predicted octanol–water partition coefficient (Wildman–Crippen LogP) is 2.25. The Balaban J connectivity index is 3.20. The Hall–Kier alpha value is -1.28. The molecule has 0 atom stereocenters. The largest absolute Gasteiger partial charge is 0.478 e. The second-order valence-electron chi connectivity index (χ2n) is 3.11. The van der Waals surface area contributed by atoms with Gasteiger partial charge >= 0.3 is 23.7 Å². The highest BCUT2D eigenvalue weighted by atomic mass is 19.4. The molecule has 1 N–H and O–H groups in total. The van der Waals surface area contributed by atoms with Crippen LogP contribution in [0, 0.1) is 0 Å². The molecule has 1 aliphatic carbocycles. The Morgan fingerprint density at radius 2 is 1.25 bits per heavy atom. The number of alkyl halides is 7. The molecule has 0 amide bonds. The Bertz CT molecular complexity index is 342. The molecule has 1 saturated carbocycles. The van der Waals surface area contributed by atoms with Gasteiger partial charge in [-0.05, 0) is 6.08 Å². The fraction of sp³-hybridized carbons (Fsp3) is 0.571. The van der Waals surface area contributed by atoms with E-state index >= 15 is 0 Å². The lowest BCUT2D eigenvalue weighted by Gasteiger charge is -2.52. The van der Waals surface area contributed by atoms with Gasteiger partial charge in [0, 0.05) is 6.08 Å². The van der Waals surface area contributed by atoms with E-state index in [-0.39, 0.29) is 6.08 Å². The number of carboxylic acid groups (broad SMARTS) is 1. The molecular weight excluding hydrogens is 249 g/mol. The standard InChI is InChI=1S/C7H3F7O2/c8-4(2-1-3(15)16)5(9,10)7(13,14)6(4,11)12/h1-2H,(H,15,16).